The molecule has 0 aromatic heterocycles. The van der Waals surface area contributed by atoms with Crippen molar-refractivity contribution in [3.05, 3.63) is 29.3 Å². The van der Waals surface area contributed by atoms with E-state index in [1.54, 1.807) is 0 Å². The predicted molar refractivity (Wildman–Crippen MR) is 82.6 cm³/mol. The van der Waals surface area contributed by atoms with Crippen LogP contribution in [0.4, 0.5) is 18.9 Å². The van der Waals surface area contributed by atoms with Crippen molar-refractivity contribution in [1.29, 1.82) is 0 Å². The summed E-state index contributed by atoms with van der Waals surface area (Å²) in [6.45, 7) is 1.67. The molecule has 21 heavy (non-hydrogen) atoms. The molecular weight excluding hydrogens is 297 g/mol. The lowest BCUT2D eigenvalue weighted by Gasteiger charge is -2.29. The van der Waals surface area contributed by atoms with Gasteiger partial charge in [-0.1, -0.05) is 31.5 Å². The minimum atomic E-state index is -4.38. The van der Waals surface area contributed by atoms with Gasteiger partial charge in [0.25, 0.3) is 0 Å². The highest BCUT2D eigenvalue weighted by atomic mass is 32.1. The van der Waals surface area contributed by atoms with Gasteiger partial charge in [0, 0.05) is 24.3 Å². The Balaban J connectivity index is 2.35. The minimum Gasteiger partial charge on any atom is -0.389 e. The van der Waals surface area contributed by atoms with Gasteiger partial charge in [0.1, 0.15) is 4.99 Å². The van der Waals surface area contributed by atoms with E-state index < -0.39 is 11.7 Å². The Morgan fingerprint density at radius 2 is 1.62 bits per heavy atom. The average Bonchev–Trinajstić information content (AvgIpc) is 2.36. The molecule has 6 heteroatoms. The van der Waals surface area contributed by atoms with Crippen LogP contribution in [0.15, 0.2) is 18.2 Å². The van der Waals surface area contributed by atoms with Crippen molar-refractivity contribution in [2.24, 2.45) is 5.73 Å². The molecule has 2 N–H and O–H groups in total. The highest BCUT2D eigenvalue weighted by Crippen LogP contribution is 2.33. The highest BCUT2D eigenvalue weighted by Gasteiger charge is 2.31. The standard InChI is InChI=1S/C15H19F3N2S/c16-15(17,18)11-6-7-13(12(10-11)14(19)21)20-8-4-2-1-3-5-9-20/h6-7,10H,1-5,8-9H2,(H2,19,21). The molecule has 2 nitrogen and oxygen atoms in total. The zero-order valence-corrected chi connectivity index (χ0v) is 12.6. The molecule has 1 aliphatic rings. The number of benzene rings is 1. The van der Waals surface area contributed by atoms with E-state index >= 15 is 0 Å². The summed E-state index contributed by atoms with van der Waals surface area (Å²) >= 11 is 4.95. The number of hydrogen-bond donors (Lipinski definition) is 1. The summed E-state index contributed by atoms with van der Waals surface area (Å²) < 4.78 is 38.5. The van der Waals surface area contributed by atoms with Crippen molar-refractivity contribution >= 4 is 22.9 Å². The van der Waals surface area contributed by atoms with Crippen LogP contribution in [0.2, 0.25) is 0 Å². The van der Waals surface area contributed by atoms with Gasteiger partial charge in [-0.15, -0.1) is 0 Å². The molecule has 1 heterocycles. The molecule has 0 radical (unpaired) electrons. The fraction of sp³-hybridized carbons (Fsp3) is 0.533. The monoisotopic (exact) mass is 316 g/mol. The van der Waals surface area contributed by atoms with Crippen LogP contribution < -0.4 is 10.6 Å². The molecule has 1 aromatic carbocycles. The summed E-state index contributed by atoms with van der Waals surface area (Å²) in [5, 5.41) is 0. The topological polar surface area (TPSA) is 29.3 Å². The van der Waals surface area contributed by atoms with Crippen molar-refractivity contribution in [2.45, 2.75) is 38.3 Å². The summed E-state index contributed by atoms with van der Waals surface area (Å²) in [6.07, 6.45) is 1.23. The number of nitrogens with zero attached hydrogens (tertiary/aromatic N) is 1. The van der Waals surface area contributed by atoms with E-state index in [0.717, 1.165) is 56.6 Å². The van der Waals surface area contributed by atoms with Gasteiger partial charge < -0.3 is 10.6 Å². The fourth-order valence-electron chi connectivity index (χ4n) is 2.67. The van der Waals surface area contributed by atoms with Crippen LogP contribution in [0.5, 0.6) is 0 Å². The lowest BCUT2D eigenvalue weighted by molar-refractivity contribution is -0.137. The Bertz CT molecular complexity index is 506. The number of anilines is 1. The molecule has 116 valence electrons. The third kappa shape index (κ3) is 4.09. The van der Waals surface area contributed by atoms with Crippen molar-refractivity contribution in [3.63, 3.8) is 0 Å². The second kappa shape index (κ2) is 6.64. The summed E-state index contributed by atoms with van der Waals surface area (Å²) in [5.74, 6) is 0. The molecule has 1 fully saturated rings. The predicted octanol–water partition coefficient (Wildman–Crippen LogP) is 4.11. The number of alkyl halides is 3. The van der Waals surface area contributed by atoms with E-state index in [9.17, 15) is 13.2 Å². The molecule has 2 rings (SSSR count). The molecule has 0 bridgehead atoms. The van der Waals surface area contributed by atoms with Crippen LogP contribution in [-0.4, -0.2) is 18.1 Å². The maximum atomic E-state index is 12.8. The van der Waals surface area contributed by atoms with Crippen LogP contribution in [0, 0.1) is 0 Å². The van der Waals surface area contributed by atoms with Crippen LogP contribution >= 0.6 is 12.2 Å². The van der Waals surface area contributed by atoms with Crippen LogP contribution in [0.3, 0.4) is 0 Å². The van der Waals surface area contributed by atoms with Gasteiger partial charge in [0.2, 0.25) is 0 Å². The maximum absolute atomic E-state index is 12.8. The molecule has 0 atom stereocenters. The normalized spacial score (nSPS) is 17.2. The SMILES string of the molecule is NC(=S)c1cc(C(F)(F)F)ccc1N1CCCCCCC1. The van der Waals surface area contributed by atoms with Crippen molar-refractivity contribution in [1.82, 2.24) is 0 Å². The molecule has 0 spiro atoms. The molecule has 1 aromatic rings. The van der Waals surface area contributed by atoms with E-state index in [4.69, 9.17) is 18.0 Å². The quantitative estimate of drug-likeness (QED) is 0.833. The Morgan fingerprint density at radius 3 is 2.14 bits per heavy atom. The van der Waals surface area contributed by atoms with Crippen LogP contribution in [-0.2, 0) is 6.18 Å². The first-order valence-corrected chi connectivity index (χ1v) is 7.56. The first-order chi connectivity index (χ1) is 9.89. The van der Waals surface area contributed by atoms with Gasteiger partial charge in [-0.25, -0.2) is 0 Å². The fourth-order valence-corrected chi connectivity index (χ4v) is 2.84. The molecule has 0 aliphatic carbocycles. The van der Waals surface area contributed by atoms with E-state index in [-0.39, 0.29) is 4.99 Å². The number of rotatable bonds is 2. The zero-order valence-electron chi connectivity index (χ0n) is 11.7. The van der Waals surface area contributed by atoms with E-state index in [2.05, 4.69) is 4.90 Å². The first kappa shape index (κ1) is 16.1. The third-order valence-electron chi connectivity index (χ3n) is 3.79. The van der Waals surface area contributed by atoms with Crippen molar-refractivity contribution in [2.75, 3.05) is 18.0 Å². The molecule has 0 saturated carbocycles. The lowest BCUT2D eigenvalue weighted by atomic mass is 10.0. The van der Waals surface area contributed by atoms with Gasteiger partial charge in [0.15, 0.2) is 0 Å². The Hall–Kier alpha value is -1.30. The molecular formula is C15H19F3N2S. The number of nitrogens with two attached hydrogens (primary N) is 1. The van der Waals surface area contributed by atoms with Crippen molar-refractivity contribution in [3.8, 4) is 0 Å². The van der Waals surface area contributed by atoms with Gasteiger partial charge in [-0.05, 0) is 31.0 Å². The van der Waals surface area contributed by atoms with E-state index in [0.29, 0.717) is 5.56 Å². The maximum Gasteiger partial charge on any atom is 0.416 e. The number of halogens is 3. The van der Waals surface area contributed by atoms with Crippen LogP contribution in [0.1, 0.15) is 43.2 Å². The van der Waals surface area contributed by atoms with Gasteiger partial charge in [0.05, 0.1) is 5.56 Å². The van der Waals surface area contributed by atoms with Gasteiger partial charge in [-0.3, -0.25) is 0 Å². The minimum absolute atomic E-state index is 0.0122. The van der Waals surface area contributed by atoms with Gasteiger partial charge in [-0.2, -0.15) is 13.2 Å². The Morgan fingerprint density at radius 1 is 1.05 bits per heavy atom. The number of hydrogen-bond acceptors (Lipinski definition) is 2. The Labute approximate surface area is 128 Å². The molecule has 1 saturated heterocycles. The molecule has 1 aliphatic heterocycles. The highest BCUT2D eigenvalue weighted by molar-refractivity contribution is 7.80. The van der Waals surface area contributed by atoms with E-state index in [1.165, 1.54) is 12.5 Å². The first-order valence-electron chi connectivity index (χ1n) is 7.15. The third-order valence-corrected chi connectivity index (χ3v) is 4.01. The van der Waals surface area contributed by atoms with Crippen molar-refractivity contribution < 1.29 is 13.2 Å². The van der Waals surface area contributed by atoms with Crippen LogP contribution in [0.25, 0.3) is 0 Å². The van der Waals surface area contributed by atoms with E-state index in [1.807, 2.05) is 0 Å². The largest absolute Gasteiger partial charge is 0.416 e. The summed E-state index contributed by atoms with van der Waals surface area (Å²) in [4.78, 5) is 2.12. The summed E-state index contributed by atoms with van der Waals surface area (Å²) in [5.41, 5.74) is 5.97. The summed E-state index contributed by atoms with van der Waals surface area (Å²) in [7, 11) is 0. The number of thiocarbonyl (C=S) groups is 1. The second-order valence-electron chi connectivity index (χ2n) is 5.35. The average molecular weight is 316 g/mol. The van der Waals surface area contributed by atoms with Gasteiger partial charge >= 0.3 is 6.18 Å². The second-order valence-corrected chi connectivity index (χ2v) is 5.79. The zero-order chi connectivity index (χ0) is 15.5. The molecule has 0 amide bonds. The molecule has 0 unspecified atom stereocenters. The lowest BCUT2D eigenvalue weighted by Crippen LogP contribution is -2.29. The Kier molecular flexibility index (Phi) is 5.08. The smallest absolute Gasteiger partial charge is 0.389 e. The summed E-state index contributed by atoms with van der Waals surface area (Å²) in [6, 6.07) is 3.67.